The zero-order valence-corrected chi connectivity index (χ0v) is 17.4. The van der Waals surface area contributed by atoms with Gasteiger partial charge in [-0.2, -0.15) is 0 Å². The molecule has 144 valence electrons. The Kier molecular flexibility index (Phi) is 9.39. The molecular weight excluding hydrogens is 445 g/mol. The first-order chi connectivity index (χ1) is 12.0. The summed E-state index contributed by atoms with van der Waals surface area (Å²) < 4.78 is 0. The molecule has 1 atom stereocenters. The third kappa shape index (κ3) is 6.81. The highest BCUT2D eigenvalue weighted by atomic mass is 127. The maximum atomic E-state index is 11.3. The fraction of sp³-hybridized carbons (Fsp3) is 0.500. The van der Waals surface area contributed by atoms with Crippen molar-refractivity contribution in [2.75, 3.05) is 19.6 Å². The number of hydrogen-bond donors (Lipinski definition) is 3. The van der Waals surface area contributed by atoms with E-state index in [0.29, 0.717) is 18.5 Å². The van der Waals surface area contributed by atoms with Crippen molar-refractivity contribution in [1.82, 2.24) is 10.2 Å². The van der Waals surface area contributed by atoms with Crippen molar-refractivity contribution in [3.8, 4) is 0 Å². The average molecular weight is 473 g/mol. The van der Waals surface area contributed by atoms with Crippen LogP contribution in [0.1, 0.15) is 42.1 Å². The van der Waals surface area contributed by atoms with Crippen LogP contribution in [0.25, 0.3) is 0 Å². The first-order valence-corrected chi connectivity index (χ1v) is 8.70. The average Bonchev–Trinajstić information content (AvgIpc) is 2.58. The van der Waals surface area contributed by atoms with Crippen LogP contribution in [0.2, 0.25) is 0 Å². The smallest absolute Gasteiger partial charge is 0.248 e. The van der Waals surface area contributed by atoms with Crippen LogP contribution in [-0.2, 0) is 11.3 Å². The predicted octanol–water partition coefficient (Wildman–Crippen LogP) is 1.46. The number of nitrogens with two attached hydrogens (primary N) is 2. The van der Waals surface area contributed by atoms with Crippen molar-refractivity contribution < 1.29 is 9.59 Å². The fourth-order valence-electron chi connectivity index (χ4n) is 3.12. The molecule has 1 fully saturated rings. The molecule has 0 bridgehead atoms. The molecule has 0 aromatic heterocycles. The fourth-order valence-corrected chi connectivity index (χ4v) is 3.12. The maximum Gasteiger partial charge on any atom is 0.248 e. The van der Waals surface area contributed by atoms with Gasteiger partial charge in [0.1, 0.15) is 0 Å². The van der Waals surface area contributed by atoms with Crippen molar-refractivity contribution in [3.63, 3.8) is 0 Å². The van der Waals surface area contributed by atoms with Gasteiger partial charge in [0.25, 0.3) is 0 Å². The molecule has 2 amide bonds. The molecule has 1 saturated heterocycles. The largest absolute Gasteiger partial charge is 0.370 e. The Morgan fingerprint density at radius 1 is 1.35 bits per heavy atom. The monoisotopic (exact) mass is 473 g/mol. The number of carbonyl (C=O) groups is 2. The molecule has 5 N–H and O–H groups in total. The summed E-state index contributed by atoms with van der Waals surface area (Å²) in [7, 11) is 0. The summed E-state index contributed by atoms with van der Waals surface area (Å²) in [6, 6.07) is 7.19. The molecule has 0 spiro atoms. The molecule has 1 unspecified atom stereocenters. The van der Waals surface area contributed by atoms with E-state index >= 15 is 0 Å². The number of rotatable bonds is 6. The molecule has 7 nitrogen and oxygen atoms in total. The van der Waals surface area contributed by atoms with Crippen LogP contribution in [0.5, 0.6) is 0 Å². The van der Waals surface area contributed by atoms with Gasteiger partial charge in [-0.3, -0.25) is 9.59 Å². The van der Waals surface area contributed by atoms with Crippen LogP contribution in [0, 0.1) is 5.92 Å². The van der Waals surface area contributed by atoms with Gasteiger partial charge in [0.05, 0.1) is 6.54 Å². The van der Waals surface area contributed by atoms with Crippen LogP contribution in [0.3, 0.4) is 0 Å². The van der Waals surface area contributed by atoms with E-state index in [-0.39, 0.29) is 35.8 Å². The van der Waals surface area contributed by atoms with E-state index in [1.54, 1.807) is 12.1 Å². The number of benzene rings is 1. The van der Waals surface area contributed by atoms with Crippen LogP contribution < -0.4 is 16.8 Å². The molecule has 26 heavy (non-hydrogen) atoms. The third-order valence-corrected chi connectivity index (χ3v) is 4.27. The van der Waals surface area contributed by atoms with E-state index in [0.717, 1.165) is 44.0 Å². The van der Waals surface area contributed by atoms with Gasteiger partial charge in [0, 0.05) is 31.6 Å². The summed E-state index contributed by atoms with van der Waals surface area (Å²) in [4.78, 5) is 29.3. The number of halogens is 1. The molecule has 8 heteroatoms. The van der Waals surface area contributed by atoms with Gasteiger partial charge in [-0.05, 0) is 43.4 Å². The lowest BCUT2D eigenvalue weighted by Crippen LogP contribution is -2.47. The molecule has 0 aliphatic carbocycles. The number of primary amides is 2. The summed E-state index contributed by atoms with van der Waals surface area (Å²) in [6.07, 6.45) is 2.44. The minimum Gasteiger partial charge on any atom is -0.370 e. The van der Waals surface area contributed by atoms with Crippen LogP contribution >= 0.6 is 24.0 Å². The highest BCUT2D eigenvalue weighted by Crippen LogP contribution is 2.19. The number of guanidine groups is 1. The molecule has 1 aromatic carbocycles. The second-order valence-electron chi connectivity index (χ2n) is 6.36. The van der Waals surface area contributed by atoms with Gasteiger partial charge >= 0.3 is 0 Å². The topological polar surface area (TPSA) is 114 Å². The summed E-state index contributed by atoms with van der Waals surface area (Å²) in [5, 5.41) is 3.30. The van der Waals surface area contributed by atoms with E-state index in [9.17, 15) is 9.59 Å². The van der Waals surface area contributed by atoms with Gasteiger partial charge in [0.15, 0.2) is 5.96 Å². The predicted molar refractivity (Wildman–Crippen MR) is 113 cm³/mol. The number of likely N-dealkylation sites (tertiary alicyclic amines) is 1. The maximum absolute atomic E-state index is 11.3. The summed E-state index contributed by atoms with van der Waals surface area (Å²) in [6.45, 7) is 4.92. The Hall–Kier alpha value is -1.84. The molecule has 0 saturated carbocycles. The second-order valence-corrected chi connectivity index (χ2v) is 6.36. The van der Waals surface area contributed by atoms with Crippen molar-refractivity contribution in [2.24, 2.45) is 22.4 Å². The van der Waals surface area contributed by atoms with E-state index in [2.05, 4.69) is 15.2 Å². The van der Waals surface area contributed by atoms with Gasteiger partial charge in [-0.1, -0.05) is 12.1 Å². The zero-order chi connectivity index (χ0) is 18.2. The van der Waals surface area contributed by atoms with E-state index in [1.165, 1.54) is 0 Å². The molecule has 1 aliphatic rings. The Morgan fingerprint density at radius 3 is 2.77 bits per heavy atom. The Morgan fingerprint density at radius 2 is 2.12 bits per heavy atom. The Balaban J connectivity index is 0.00000338. The highest BCUT2D eigenvalue weighted by Gasteiger charge is 2.23. The molecule has 2 rings (SSSR count). The lowest BCUT2D eigenvalue weighted by Gasteiger charge is -2.34. The molecule has 0 radical (unpaired) electrons. The van der Waals surface area contributed by atoms with Gasteiger partial charge in [0.2, 0.25) is 11.8 Å². The second kappa shape index (κ2) is 11.0. The third-order valence-electron chi connectivity index (χ3n) is 4.27. The number of aliphatic imine (C=N–C) groups is 1. The first kappa shape index (κ1) is 22.2. The minimum absolute atomic E-state index is 0. The highest BCUT2D eigenvalue weighted by molar-refractivity contribution is 14.0. The van der Waals surface area contributed by atoms with E-state index in [4.69, 9.17) is 11.5 Å². The lowest BCUT2D eigenvalue weighted by atomic mass is 9.95. The van der Waals surface area contributed by atoms with Crippen molar-refractivity contribution in [2.45, 2.75) is 32.7 Å². The van der Waals surface area contributed by atoms with Gasteiger partial charge in [-0.25, -0.2) is 4.99 Å². The molecule has 1 heterocycles. The Bertz CT molecular complexity index is 650. The van der Waals surface area contributed by atoms with Gasteiger partial charge < -0.3 is 21.7 Å². The van der Waals surface area contributed by atoms with Crippen molar-refractivity contribution in [3.05, 3.63) is 35.4 Å². The van der Waals surface area contributed by atoms with Crippen LogP contribution in [0.15, 0.2) is 29.3 Å². The summed E-state index contributed by atoms with van der Waals surface area (Å²) in [5.41, 5.74) is 12.1. The number of piperidine rings is 1. The van der Waals surface area contributed by atoms with Crippen molar-refractivity contribution >= 4 is 41.8 Å². The molecule has 1 aliphatic heterocycles. The number of nitrogens with zero attached hydrogens (tertiary/aromatic N) is 2. The summed E-state index contributed by atoms with van der Waals surface area (Å²) in [5.74, 6) is 0.398. The minimum atomic E-state index is -0.442. The lowest BCUT2D eigenvalue weighted by molar-refractivity contribution is -0.119. The van der Waals surface area contributed by atoms with Crippen molar-refractivity contribution in [1.29, 1.82) is 0 Å². The van der Waals surface area contributed by atoms with Gasteiger partial charge in [-0.15, -0.1) is 24.0 Å². The van der Waals surface area contributed by atoms with E-state index < -0.39 is 5.91 Å². The molecule has 1 aromatic rings. The molecular formula is C18H28IN5O2. The SMILES string of the molecule is CCNC(=NCc1cccc(C(N)=O)c1)N1CCCC(CC(N)=O)C1.I. The number of carbonyl (C=O) groups excluding carboxylic acids is 2. The number of nitrogens with one attached hydrogen (secondary N) is 1. The summed E-state index contributed by atoms with van der Waals surface area (Å²) >= 11 is 0. The van der Waals surface area contributed by atoms with E-state index in [1.807, 2.05) is 19.1 Å². The number of amides is 2. The normalized spacial score (nSPS) is 17.3. The number of hydrogen-bond acceptors (Lipinski definition) is 3. The van der Waals surface area contributed by atoms with Crippen LogP contribution in [-0.4, -0.2) is 42.3 Å². The zero-order valence-electron chi connectivity index (χ0n) is 15.1. The first-order valence-electron chi connectivity index (χ1n) is 8.70. The standard InChI is InChI=1S/C18H27N5O2.HI/c1-2-21-18(23-8-4-6-14(12-23)10-16(19)24)22-11-13-5-3-7-15(9-13)17(20)25;/h3,5,7,9,14H,2,4,6,8,10-12H2,1H3,(H2,19,24)(H2,20,25)(H,21,22);1H. The quantitative estimate of drug-likeness (QED) is 0.330. The Labute approximate surface area is 171 Å². The van der Waals surface area contributed by atoms with Crippen LogP contribution in [0.4, 0.5) is 0 Å².